The Balaban J connectivity index is 1.26. The van der Waals surface area contributed by atoms with Crippen molar-refractivity contribution in [3.05, 3.63) is 47.9 Å². The lowest BCUT2D eigenvalue weighted by atomic mass is 9.79. The second-order valence-corrected chi connectivity index (χ2v) is 7.53. The molecule has 0 unspecified atom stereocenters. The van der Waals surface area contributed by atoms with E-state index in [-0.39, 0.29) is 11.8 Å². The predicted octanol–water partition coefficient (Wildman–Crippen LogP) is 3.10. The average Bonchev–Trinajstić information content (AvgIpc) is 3.44. The average molecular weight is 378 g/mol. The van der Waals surface area contributed by atoms with Crippen molar-refractivity contribution in [1.29, 1.82) is 0 Å². The molecule has 1 aliphatic rings. The van der Waals surface area contributed by atoms with E-state index in [4.69, 9.17) is 4.42 Å². The lowest BCUT2D eigenvalue weighted by Gasteiger charge is -2.26. The van der Waals surface area contributed by atoms with Crippen LogP contribution in [0.5, 0.6) is 0 Å². The van der Waals surface area contributed by atoms with Crippen LogP contribution in [0.2, 0.25) is 0 Å². The second kappa shape index (κ2) is 6.78. The first kappa shape index (κ1) is 17.0. The van der Waals surface area contributed by atoms with Crippen LogP contribution in [0.3, 0.4) is 0 Å². The van der Waals surface area contributed by atoms with Gasteiger partial charge in [0.15, 0.2) is 0 Å². The number of amides is 1. The minimum absolute atomic E-state index is 0.0445. The third-order valence-corrected chi connectivity index (χ3v) is 5.71. The summed E-state index contributed by atoms with van der Waals surface area (Å²) in [5.41, 5.74) is 2.88. The Morgan fingerprint density at radius 2 is 2.14 bits per heavy atom. The fourth-order valence-electron chi connectivity index (χ4n) is 4.22. The van der Waals surface area contributed by atoms with E-state index < -0.39 is 0 Å². The molecule has 4 aromatic rings. The van der Waals surface area contributed by atoms with E-state index in [9.17, 15) is 4.79 Å². The molecule has 1 fully saturated rings. The third-order valence-electron chi connectivity index (χ3n) is 5.71. The predicted molar refractivity (Wildman–Crippen MR) is 103 cm³/mol. The number of nitrogens with one attached hydrogen (secondary N) is 2. The number of aryl methyl sites for hydroxylation is 1. The Labute approximate surface area is 161 Å². The third kappa shape index (κ3) is 2.94. The summed E-state index contributed by atoms with van der Waals surface area (Å²) in [6.45, 7) is 2.35. The van der Waals surface area contributed by atoms with Gasteiger partial charge in [-0.15, -0.1) is 5.10 Å². The highest BCUT2D eigenvalue weighted by atomic mass is 16.3. The Morgan fingerprint density at radius 1 is 1.29 bits per heavy atom. The molecular formula is C20H22N6O2. The van der Waals surface area contributed by atoms with E-state index in [2.05, 4.69) is 25.6 Å². The zero-order valence-corrected chi connectivity index (χ0v) is 15.7. The molecule has 5 rings (SSSR count). The van der Waals surface area contributed by atoms with E-state index in [0.29, 0.717) is 12.5 Å². The van der Waals surface area contributed by atoms with Gasteiger partial charge in [-0.2, -0.15) is 0 Å². The molecule has 0 aromatic carbocycles. The van der Waals surface area contributed by atoms with Gasteiger partial charge in [0.2, 0.25) is 5.91 Å². The molecule has 2 N–H and O–H groups in total. The number of H-pyrrole nitrogens is 1. The summed E-state index contributed by atoms with van der Waals surface area (Å²) < 4.78 is 7.26. The number of furan rings is 1. The van der Waals surface area contributed by atoms with Gasteiger partial charge in [-0.1, -0.05) is 5.21 Å². The second-order valence-electron chi connectivity index (χ2n) is 7.53. The number of aromatic amines is 1. The first-order valence-corrected chi connectivity index (χ1v) is 9.69. The van der Waals surface area contributed by atoms with Crippen LogP contribution in [0.1, 0.15) is 48.8 Å². The topological polar surface area (TPSA) is 101 Å². The SMILES string of the molecule is Cc1ccc(CNC(=O)C2CCC(c3nnn4cnc5[nH]ccc5c34)CC2)o1. The van der Waals surface area contributed by atoms with Crippen molar-refractivity contribution in [3.8, 4) is 0 Å². The fourth-order valence-corrected chi connectivity index (χ4v) is 4.22. The number of aromatic nitrogens is 5. The van der Waals surface area contributed by atoms with Crippen molar-refractivity contribution < 1.29 is 9.21 Å². The van der Waals surface area contributed by atoms with Crippen molar-refractivity contribution in [2.24, 2.45) is 5.92 Å². The lowest BCUT2D eigenvalue weighted by Crippen LogP contribution is -2.32. The quantitative estimate of drug-likeness (QED) is 0.568. The summed E-state index contributed by atoms with van der Waals surface area (Å²) >= 11 is 0. The van der Waals surface area contributed by atoms with E-state index in [0.717, 1.165) is 59.4 Å². The molecule has 0 radical (unpaired) electrons. The number of fused-ring (bicyclic) bond motifs is 3. The molecule has 8 nitrogen and oxygen atoms in total. The van der Waals surface area contributed by atoms with E-state index in [1.54, 1.807) is 10.8 Å². The van der Waals surface area contributed by atoms with Gasteiger partial charge >= 0.3 is 0 Å². The van der Waals surface area contributed by atoms with Gasteiger partial charge in [-0.3, -0.25) is 4.79 Å². The summed E-state index contributed by atoms with van der Waals surface area (Å²) in [5.74, 6) is 2.12. The Morgan fingerprint density at radius 3 is 2.93 bits per heavy atom. The molecular weight excluding hydrogens is 356 g/mol. The summed E-state index contributed by atoms with van der Waals surface area (Å²) in [4.78, 5) is 20.0. The lowest BCUT2D eigenvalue weighted by molar-refractivity contribution is -0.126. The highest BCUT2D eigenvalue weighted by Crippen LogP contribution is 2.37. The summed E-state index contributed by atoms with van der Waals surface area (Å²) in [6, 6.07) is 5.83. The summed E-state index contributed by atoms with van der Waals surface area (Å²) in [7, 11) is 0. The molecule has 0 aliphatic heterocycles. The molecule has 1 saturated carbocycles. The van der Waals surface area contributed by atoms with Gasteiger partial charge in [0.1, 0.15) is 29.0 Å². The molecule has 28 heavy (non-hydrogen) atoms. The number of nitrogens with zero attached hydrogens (tertiary/aromatic N) is 4. The Kier molecular flexibility index (Phi) is 4.11. The minimum atomic E-state index is 0.0445. The minimum Gasteiger partial charge on any atom is -0.465 e. The van der Waals surface area contributed by atoms with Crippen molar-refractivity contribution >= 4 is 22.5 Å². The van der Waals surface area contributed by atoms with Gasteiger partial charge in [-0.25, -0.2) is 9.50 Å². The first-order chi connectivity index (χ1) is 13.7. The maximum atomic E-state index is 12.5. The van der Waals surface area contributed by atoms with Crippen molar-refractivity contribution in [3.63, 3.8) is 0 Å². The molecule has 0 saturated heterocycles. The molecule has 1 aliphatic carbocycles. The zero-order chi connectivity index (χ0) is 19.1. The molecule has 4 aromatic heterocycles. The summed E-state index contributed by atoms with van der Waals surface area (Å²) in [5, 5.41) is 12.7. The van der Waals surface area contributed by atoms with Crippen LogP contribution in [-0.2, 0) is 11.3 Å². The summed E-state index contributed by atoms with van der Waals surface area (Å²) in [6.07, 6.45) is 7.15. The van der Waals surface area contributed by atoms with E-state index in [1.807, 2.05) is 31.3 Å². The maximum Gasteiger partial charge on any atom is 0.223 e. The van der Waals surface area contributed by atoms with E-state index in [1.165, 1.54) is 0 Å². The largest absolute Gasteiger partial charge is 0.465 e. The number of rotatable bonds is 4. The molecule has 0 atom stereocenters. The monoisotopic (exact) mass is 378 g/mol. The van der Waals surface area contributed by atoms with Crippen LogP contribution < -0.4 is 5.32 Å². The molecule has 0 bridgehead atoms. The van der Waals surface area contributed by atoms with Crippen molar-refractivity contribution in [2.45, 2.75) is 45.1 Å². The smallest absolute Gasteiger partial charge is 0.223 e. The Hall–Kier alpha value is -3.16. The molecule has 1 amide bonds. The molecule has 0 spiro atoms. The number of hydrogen-bond donors (Lipinski definition) is 2. The first-order valence-electron chi connectivity index (χ1n) is 9.69. The van der Waals surface area contributed by atoms with E-state index >= 15 is 0 Å². The number of hydrogen-bond acceptors (Lipinski definition) is 5. The van der Waals surface area contributed by atoms with Crippen LogP contribution in [-0.4, -0.2) is 30.7 Å². The molecule has 8 heteroatoms. The van der Waals surface area contributed by atoms with Crippen molar-refractivity contribution in [1.82, 2.24) is 30.1 Å². The normalized spacial score (nSPS) is 20.0. The fraction of sp³-hybridized carbons (Fsp3) is 0.400. The Bertz CT molecular complexity index is 1130. The molecule has 144 valence electrons. The standard InChI is InChI=1S/C20H22N6O2/c1-12-2-7-15(28-12)10-22-20(27)14-5-3-13(4-6-14)17-18-16-8-9-21-19(16)23-11-26(18)25-24-17/h2,7-9,11,13-14,21H,3-6,10H2,1H3,(H,22,27). The van der Waals surface area contributed by atoms with Gasteiger partial charge in [0.05, 0.1) is 12.2 Å². The van der Waals surface area contributed by atoms with Gasteiger partial charge in [0, 0.05) is 23.4 Å². The van der Waals surface area contributed by atoms with Crippen molar-refractivity contribution in [2.75, 3.05) is 0 Å². The highest BCUT2D eigenvalue weighted by Gasteiger charge is 2.30. The van der Waals surface area contributed by atoms with Gasteiger partial charge in [-0.05, 0) is 50.8 Å². The van der Waals surface area contributed by atoms with Crippen LogP contribution in [0.25, 0.3) is 16.6 Å². The highest BCUT2D eigenvalue weighted by molar-refractivity contribution is 5.92. The number of carbonyl (C=O) groups excluding carboxylic acids is 1. The van der Waals surface area contributed by atoms with Crippen LogP contribution in [0.15, 0.2) is 35.1 Å². The van der Waals surface area contributed by atoms with Crippen LogP contribution in [0.4, 0.5) is 0 Å². The number of carbonyl (C=O) groups is 1. The maximum absolute atomic E-state index is 12.5. The van der Waals surface area contributed by atoms with Crippen LogP contribution >= 0.6 is 0 Å². The molecule has 4 heterocycles. The van der Waals surface area contributed by atoms with Gasteiger partial charge in [0.25, 0.3) is 0 Å². The zero-order valence-electron chi connectivity index (χ0n) is 15.7. The van der Waals surface area contributed by atoms with Crippen LogP contribution in [0, 0.1) is 12.8 Å². The van der Waals surface area contributed by atoms with Gasteiger partial charge < -0.3 is 14.7 Å².